The minimum atomic E-state index is -0.794. The maximum atomic E-state index is 12.9. The van der Waals surface area contributed by atoms with E-state index in [1.165, 1.54) is 5.56 Å². The van der Waals surface area contributed by atoms with Crippen molar-refractivity contribution in [2.45, 2.75) is 57.3 Å². The number of pyridine rings is 2. The van der Waals surface area contributed by atoms with Crippen LogP contribution in [0.5, 0.6) is 0 Å². The van der Waals surface area contributed by atoms with Gasteiger partial charge in [0.05, 0.1) is 11.9 Å². The van der Waals surface area contributed by atoms with Crippen LogP contribution in [0.4, 0.5) is 5.82 Å². The topological polar surface area (TPSA) is 95.4 Å². The summed E-state index contributed by atoms with van der Waals surface area (Å²) in [5, 5.41) is 14.0. The number of benzene rings is 1. The van der Waals surface area contributed by atoms with Gasteiger partial charge in [0.2, 0.25) is 5.91 Å². The number of nitrogens with zero attached hydrogens (tertiary/aromatic N) is 3. The van der Waals surface area contributed by atoms with E-state index < -0.39 is 5.97 Å². The molecule has 188 valence electrons. The standard InChI is InChI=1S/C29H34N4O3/c34-27(9-3-7-24-11-10-21-6-4-14-30-29(21)32-24)33-15-12-20(13-16-33)25(18-28(35)36)23-17-22-5-1-2-8-26(22)31-19-23/h1-2,5,8,10-11,17,19-20,25H,3-4,6-7,9,12-16,18H2,(H,30,32)(H,35,36). The fourth-order valence-corrected chi connectivity index (χ4v) is 5.67. The summed E-state index contributed by atoms with van der Waals surface area (Å²) in [5.74, 6) is 0.523. The van der Waals surface area contributed by atoms with E-state index in [9.17, 15) is 14.7 Å². The molecule has 2 N–H and O–H groups in total. The first-order valence-corrected chi connectivity index (χ1v) is 13.1. The fourth-order valence-electron chi connectivity index (χ4n) is 5.67. The third-order valence-corrected chi connectivity index (χ3v) is 7.67. The van der Waals surface area contributed by atoms with Gasteiger partial charge in [-0.2, -0.15) is 0 Å². The summed E-state index contributed by atoms with van der Waals surface area (Å²) in [7, 11) is 0. The Morgan fingerprint density at radius 2 is 1.97 bits per heavy atom. The van der Waals surface area contributed by atoms with E-state index in [4.69, 9.17) is 4.98 Å². The number of hydrogen-bond donors (Lipinski definition) is 2. The van der Waals surface area contributed by atoms with Gasteiger partial charge in [-0.3, -0.25) is 14.6 Å². The number of fused-ring (bicyclic) bond motifs is 2. The largest absolute Gasteiger partial charge is 0.481 e. The van der Waals surface area contributed by atoms with Gasteiger partial charge in [-0.1, -0.05) is 24.3 Å². The lowest BCUT2D eigenvalue weighted by atomic mass is 9.78. The number of aliphatic carboxylic acids is 1. The molecule has 1 aromatic carbocycles. The van der Waals surface area contributed by atoms with Crippen LogP contribution in [0.2, 0.25) is 0 Å². The summed E-state index contributed by atoms with van der Waals surface area (Å²) in [4.78, 5) is 35.8. The predicted octanol–water partition coefficient (Wildman–Crippen LogP) is 4.81. The lowest BCUT2D eigenvalue weighted by molar-refractivity contribution is -0.138. The number of aryl methyl sites for hydroxylation is 2. The summed E-state index contributed by atoms with van der Waals surface area (Å²) < 4.78 is 0. The van der Waals surface area contributed by atoms with E-state index in [0.29, 0.717) is 19.5 Å². The molecule has 3 aromatic rings. The minimum Gasteiger partial charge on any atom is -0.481 e. The lowest BCUT2D eigenvalue weighted by Crippen LogP contribution is -2.40. The van der Waals surface area contributed by atoms with Crippen LogP contribution in [0, 0.1) is 5.92 Å². The van der Waals surface area contributed by atoms with E-state index in [0.717, 1.165) is 73.0 Å². The molecule has 5 rings (SSSR count). The Kier molecular flexibility index (Phi) is 7.44. The van der Waals surface area contributed by atoms with Crippen molar-refractivity contribution in [3.63, 3.8) is 0 Å². The second-order valence-corrected chi connectivity index (χ2v) is 10.1. The Hall–Kier alpha value is -3.48. The van der Waals surface area contributed by atoms with Crippen molar-refractivity contribution in [2.24, 2.45) is 5.92 Å². The minimum absolute atomic E-state index is 0.0846. The average Bonchev–Trinajstić information content (AvgIpc) is 2.91. The highest BCUT2D eigenvalue weighted by Crippen LogP contribution is 2.36. The molecule has 0 spiro atoms. The molecular weight excluding hydrogens is 452 g/mol. The van der Waals surface area contributed by atoms with Crippen LogP contribution in [0.25, 0.3) is 10.9 Å². The Balaban J connectivity index is 1.15. The van der Waals surface area contributed by atoms with Gasteiger partial charge in [0.15, 0.2) is 0 Å². The first-order valence-electron chi connectivity index (χ1n) is 13.1. The van der Waals surface area contributed by atoms with E-state index in [2.05, 4.69) is 28.5 Å². The molecule has 1 atom stereocenters. The summed E-state index contributed by atoms with van der Waals surface area (Å²) >= 11 is 0. The third kappa shape index (κ3) is 5.66. The van der Waals surface area contributed by atoms with Crippen LogP contribution in [0.1, 0.15) is 61.3 Å². The molecule has 0 bridgehead atoms. The summed E-state index contributed by atoms with van der Waals surface area (Å²) in [6.45, 7) is 2.34. The number of amides is 1. The smallest absolute Gasteiger partial charge is 0.303 e. The Morgan fingerprint density at radius 1 is 1.14 bits per heavy atom. The first kappa shape index (κ1) is 24.2. The van der Waals surface area contributed by atoms with Gasteiger partial charge < -0.3 is 15.3 Å². The molecule has 0 aliphatic carbocycles. The van der Waals surface area contributed by atoms with Gasteiger partial charge >= 0.3 is 5.97 Å². The van der Waals surface area contributed by atoms with Gasteiger partial charge in [0, 0.05) is 43.3 Å². The molecule has 7 heteroatoms. The molecule has 36 heavy (non-hydrogen) atoms. The van der Waals surface area contributed by atoms with Crippen molar-refractivity contribution < 1.29 is 14.7 Å². The maximum Gasteiger partial charge on any atom is 0.303 e. The highest BCUT2D eigenvalue weighted by atomic mass is 16.4. The van der Waals surface area contributed by atoms with Crippen LogP contribution in [-0.2, 0) is 22.4 Å². The van der Waals surface area contributed by atoms with Crippen LogP contribution < -0.4 is 5.32 Å². The number of carbonyl (C=O) groups excluding carboxylic acids is 1. The monoisotopic (exact) mass is 486 g/mol. The third-order valence-electron chi connectivity index (χ3n) is 7.67. The highest BCUT2D eigenvalue weighted by Gasteiger charge is 2.31. The van der Waals surface area contributed by atoms with Crippen LogP contribution in [0.15, 0.2) is 48.7 Å². The van der Waals surface area contributed by atoms with Gasteiger partial charge in [-0.05, 0) is 79.7 Å². The van der Waals surface area contributed by atoms with Gasteiger partial charge in [0.25, 0.3) is 0 Å². The van der Waals surface area contributed by atoms with Crippen molar-refractivity contribution in [3.8, 4) is 0 Å². The highest BCUT2D eigenvalue weighted by molar-refractivity contribution is 5.79. The van der Waals surface area contributed by atoms with Crippen molar-refractivity contribution in [1.82, 2.24) is 14.9 Å². The van der Waals surface area contributed by atoms with Crippen molar-refractivity contribution in [1.29, 1.82) is 0 Å². The quantitative estimate of drug-likeness (QED) is 0.475. The lowest BCUT2D eigenvalue weighted by Gasteiger charge is -2.36. The number of nitrogens with one attached hydrogen (secondary N) is 1. The van der Waals surface area contributed by atoms with Gasteiger partial charge in [0.1, 0.15) is 5.82 Å². The number of piperidine rings is 1. The molecule has 1 fully saturated rings. The number of para-hydroxylation sites is 1. The first-order chi connectivity index (χ1) is 17.6. The Morgan fingerprint density at radius 3 is 2.81 bits per heavy atom. The number of carboxylic acid groups (broad SMARTS) is 1. The molecule has 7 nitrogen and oxygen atoms in total. The van der Waals surface area contributed by atoms with E-state index >= 15 is 0 Å². The molecule has 1 saturated heterocycles. The zero-order valence-electron chi connectivity index (χ0n) is 20.7. The number of hydrogen-bond acceptors (Lipinski definition) is 5. The predicted molar refractivity (Wildman–Crippen MR) is 140 cm³/mol. The van der Waals surface area contributed by atoms with Crippen LogP contribution in [-0.4, -0.2) is 51.5 Å². The number of anilines is 1. The average molecular weight is 487 g/mol. The van der Waals surface area contributed by atoms with E-state index in [1.807, 2.05) is 35.4 Å². The molecule has 2 aliphatic heterocycles. The summed E-state index contributed by atoms with van der Waals surface area (Å²) in [6, 6.07) is 14.2. The number of likely N-dealkylation sites (tertiary alicyclic amines) is 1. The number of carbonyl (C=O) groups is 2. The van der Waals surface area contributed by atoms with Gasteiger partial charge in [-0.15, -0.1) is 0 Å². The second-order valence-electron chi connectivity index (χ2n) is 10.1. The SMILES string of the molecule is O=C(O)CC(c1cnc2ccccc2c1)C1CCN(C(=O)CCCc2ccc3c(n2)NCCC3)CC1. The van der Waals surface area contributed by atoms with Crippen LogP contribution in [0.3, 0.4) is 0 Å². The Bertz CT molecular complexity index is 1240. The van der Waals surface area contributed by atoms with E-state index in [1.54, 1.807) is 0 Å². The summed E-state index contributed by atoms with van der Waals surface area (Å²) in [5.41, 5.74) is 4.21. The zero-order valence-corrected chi connectivity index (χ0v) is 20.7. The molecule has 2 aliphatic rings. The molecule has 0 radical (unpaired) electrons. The number of carboxylic acids is 1. The normalized spacial score (nSPS) is 16.8. The fraction of sp³-hybridized carbons (Fsp3) is 0.448. The number of rotatable bonds is 8. The van der Waals surface area contributed by atoms with Crippen LogP contribution >= 0.6 is 0 Å². The Labute approximate surface area is 211 Å². The van der Waals surface area contributed by atoms with Crippen molar-refractivity contribution in [3.05, 3.63) is 65.5 Å². The molecule has 2 aromatic heterocycles. The van der Waals surface area contributed by atoms with E-state index in [-0.39, 0.29) is 24.2 Å². The maximum absolute atomic E-state index is 12.9. The van der Waals surface area contributed by atoms with Gasteiger partial charge in [-0.25, -0.2) is 4.98 Å². The molecule has 1 amide bonds. The molecular formula is C29H34N4O3. The summed E-state index contributed by atoms with van der Waals surface area (Å²) in [6.07, 6.45) is 7.87. The number of aromatic nitrogens is 2. The van der Waals surface area contributed by atoms with Crippen molar-refractivity contribution in [2.75, 3.05) is 25.0 Å². The molecule has 4 heterocycles. The molecule has 1 unspecified atom stereocenters. The van der Waals surface area contributed by atoms with Crippen molar-refractivity contribution >= 4 is 28.6 Å². The second kappa shape index (κ2) is 11.1. The molecule has 0 saturated carbocycles. The zero-order chi connectivity index (χ0) is 24.9.